The van der Waals surface area contributed by atoms with Gasteiger partial charge in [-0.1, -0.05) is 45.0 Å². The van der Waals surface area contributed by atoms with Crippen molar-refractivity contribution in [3.8, 4) is 0 Å². The molecule has 0 bridgehead atoms. The van der Waals surface area contributed by atoms with Gasteiger partial charge in [-0.3, -0.25) is 4.79 Å². The molecular weight excluding hydrogens is 234 g/mol. The van der Waals surface area contributed by atoms with Crippen LogP contribution in [-0.4, -0.2) is 5.91 Å². The molecule has 2 nitrogen and oxygen atoms in total. The molecule has 0 saturated carbocycles. The number of anilines is 1. The third-order valence-corrected chi connectivity index (χ3v) is 3.81. The molecule has 2 aromatic rings. The number of aryl methyl sites for hydroxylation is 2. The molecule has 0 radical (unpaired) electrons. The molecule has 19 heavy (non-hydrogen) atoms. The predicted octanol–water partition coefficient (Wildman–Crippen LogP) is 3.92. The van der Waals surface area contributed by atoms with E-state index in [0.717, 1.165) is 18.5 Å². The second kappa shape index (κ2) is 4.09. The number of benzene rings is 2. The summed E-state index contributed by atoms with van der Waals surface area (Å²) >= 11 is 0. The first-order valence-corrected chi connectivity index (χ1v) is 6.82. The zero-order valence-electron chi connectivity index (χ0n) is 11.7. The Morgan fingerprint density at radius 1 is 1.05 bits per heavy atom. The lowest BCUT2D eigenvalue weighted by Crippen LogP contribution is -2.27. The van der Waals surface area contributed by atoms with Crippen LogP contribution in [0.4, 0.5) is 5.69 Å². The third kappa shape index (κ3) is 2.01. The molecule has 1 aliphatic carbocycles. The molecule has 0 saturated heterocycles. The standard InChI is InChI=1S/C17H19NO/c1-17(2,3)16(19)18-14-10-9-12-8-7-11-5-4-6-13(14)15(11)12/h4-6,9-10H,7-8H2,1-3H3,(H,18,19). The number of rotatable bonds is 1. The van der Waals surface area contributed by atoms with Crippen molar-refractivity contribution < 1.29 is 4.79 Å². The number of carbonyl (C=O) groups is 1. The van der Waals surface area contributed by atoms with E-state index in [0.29, 0.717) is 0 Å². The van der Waals surface area contributed by atoms with Crippen LogP contribution in [0.3, 0.4) is 0 Å². The highest BCUT2D eigenvalue weighted by molar-refractivity contribution is 6.06. The molecule has 0 aromatic heterocycles. The molecule has 0 atom stereocenters. The van der Waals surface area contributed by atoms with Crippen molar-refractivity contribution in [2.24, 2.45) is 5.41 Å². The van der Waals surface area contributed by atoms with Gasteiger partial charge in [0, 0.05) is 16.5 Å². The van der Waals surface area contributed by atoms with Crippen LogP contribution >= 0.6 is 0 Å². The van der Waals surface area contributed by atoms with Gasteiger partial charge in [-0.2, -0.15) is 0 Å². The highest BCUT2D eigenvalue weighted by Crippen LogP contribution is 2.35. The Kier molecular flexibility index (Phi) is 2.63. The van der Waals surface area contributed by atoms with E-state index >= 15 is 0 Å². The third-order valence-electron chi connectivity index (χ3n) is 3.81. The highest BCUT2D eigenvalue weighted by Gasteiger charge is 2.23. The first-order chi connectivity index (χ1) is 8.97. The van der Waals surface area contributed by atoms with Gasteiger partial charge in [0.15, 0.2) is 0 Å². The zero-order chi connectivity index (χ0) is 13.6. The first-order valence-electron chi connectivity index (χ1n) is 6.82. The minimum Gasteiger partial charge on any atom is -0.325 e. The van der Waals surface area contributed by atoms with Crippen LogP contribution in [0.15, 0.2) is 30.3 Å². The van der Waals surface area contributed by atoms with Crippen LogP contribution in [0.25, 0.3) is 10.8 Å². The fraction of sp³-hybridized carbons (Fsp3) is 0.353. The Labute approximate surface area is 113 Å². The van der Waals surface area contributed by atoms with Crippen LogP contribution in [0, 0.1) is 5.41 Å². The van der Waals surface area contributed by atoms with E-state index in [-0.39, 0.29) is 11.3 Å². The predicted molar refractivity (Wildman–Crippen MR) is 79.4 cm³/mol. The van der Waals surface area contributed by atoms with Gasteiger partial charge >= 0.3 is 0 Å². The van der Waals surface area contributed by atoms with Crippen molar-refractivity contribution in [3.05, 3.63) is 41.5 Å². The van der Waals surface area contributed by atoms with E-state index in [1.54, 1.807) is 0 Å². The number of nitrogens with one attached hydrogen (secondary N) is 1. The summed E-state index contributed by atoms with van der Waals surface area (Å²) in [4.78, 5) is 12.2. The summed E-state index contributed by atoms with van der Waals surface area (Å²) in [5.41, 5.74) is 3.36. The number of hydrogen-bond donors (Lipinski definition) is 1. The van der Waals surface area contributed by atoms with Crippen molar-refractivity contribution in [3.63, 3.8) is 0 Å². The Morgan fingerprint density at radius 2 is 1.74 bits per heavy atom. The lowest BCUT2D eigenvalue weighted by Gasteiger charge is -2.19. The number of hydrogen-bond acceptors (Lipinski definition) is 1. The van der Waals surface area contributed by atoms with Crippen LogP contribution in [0.5, 0.6) is 0 Å². The lowest BCUT2D eigenvalue weighted by atomic mass is 9.95. The van der Waals surface area contributed by atoms with Crippen molar-refractivity contribution in [2.45, 2.75) is 33.6 Å². The molecule has 98 valence electrons. The molecule has 0 unspecified atom stereocenters. The molecule has 0 fully saturated rings. The topological polar surface area (TPSA) is 29.1 Å². The first kappa shape index (κ1) is 12.2. The van der Waals surface area contributed by atoms with E-state index in [4.69, 9.17) is 0 Å². The van der Waals surface area contributed by atoms with Gasteiger partial charge < -0.3 is 5.32 Å². The summed E-state index contributed by atoms with van der Waals surface area (Å²) in [5, 5.41) is 5.58. The summed E-state index contributed by atoms with van der Waals surface area (Å²) in [6, 6.07) is 10.6. The Hall–Kier alpha value is -1.83. The maximum Gasteiger partial charge on any atom is 0.229 e. The maximum atomic E-state index is 12.2. The summed E-state index contributed by atoms with van der Waals surface area (Å²) in [7, 11) is 0. The summed E-state index contributed by atoms with van der Waals surface area (Å²) < 4.78 is 0. The van der Waals surface area contributed by atoms with Gasteiger partial charge in [0.05, 0.1) is 0 Å². The molecule has 1 aliphatic rings. The van der Waals surface area contributed by atoms with Gasteiger partial charge in [-0.05, 0) is 35.4 Å². The monoisotopic (exact) mass is 253 g/mol. The molecule has 0 heterocycles. The lowest BCUT2D eigenvalue weighted by molar-refractivity contribution is -0.123. The Bertz CT molecular complexity index is 655. The van der Waals surface area contributed by atoms with E-state index in [9.17, 15) is 4.79 Å². The van der Waals surface area contributed by atoms with Crippen molar-refractivity contribution >= 4 is 22.4 Å². The Balaban J connectivity index is 2.09. The van der Waals surface area contributed by atoms with Crippen molar-refractivity contribution in [2.75, 3.05) is 5.32 Å². The van der Waals surface area contributed by atoms with Gasteiger partial charge in [-0.25, -0.2) is 0 Å². The van der Waals surface area contributed by atoms with Crippen LogP contribution in [0.2, 0.25) is 0 Å². The SMILES string of the molecule is CC(C)(C)C(=O)Nc1ccc2c3c(cccc13)CC2. The van der Waals surface area contributed by atoms with Crippen LogP contribution < -0.4 is 5.32 Å². The summed E-state index contributed by atoms with van der Waals surface area (Å²) in [5.74, 6) is 0.0613. The second-order valence-electron chi connectivity index (χ2n) is 6.32. The number of amides is 1. The average molecular weight is 253 g/mol. The second-order valence-corrected chi connectivity index (χ2v) is 6.32. The van der Waals surface area contributed by atoms with E-state index in [2.05, 4.69) is 29.6 Å². The van der Waals surface area contributed by atoms with Gasteiger partial charge in [0.1, 0.15) is 0 Å². The summed E-state index contributed by atoms with van der Waals surface area (Å²) in [6.07, 6.45) is 2.23. The highest BCUT2D eigenvalue weighted by atomic mass is 16.2. The number of carbonyl (C=O) groups excluding carboxylic acids is 1. The molecule has 1 amide bonds. The van der Waals surface area contributed by atoms with Gasteiger partial charge in [-0.15, -0.1) is 0 Å². The van der Waals surface area contributed by atoms with Gasteiger partial charge in [0.25, 0.3) is 0 Å². The maximum absolute atomic E-state index is 12.2. The van der Waals surface area contributed by atoms with Gasteiger partial charge in [0.2, 0.25) is 5.91 Å². The van der Waals surface area contributed by atoms with E-state index in [1.807, 2.05) is 26.8 Å². The minimum atomic E-state index is -0.372. The van der Waals surface area contributed by atoms with Crippen LogP contribution in [0.1, 0.15) is 31.9 Å². The smallest absolute Gasteiger partial charge is 0.229 e. The van der Waals surface area contributed by atoms with Crippen LogP contribution in [-0.2, 0) is 17.6 Å². The fourth-order valence-electron chi connectivity index (χ4n) is 2.67. The largest absolute Gasteiger partial charge is 0.325 e. The molecule has 0 aliphatic heterocycles. The molecule has 2 heteroatoms. The zero-order valence-corrected chi connectivity index (χ0v) is 11.7. The Morgan fingerprint density at radius 3 is 2.42 bits per heavy atom. The average Bonchev–Trinajstić information content (AvgIpc) is 2.76. The normalized spacial score (nSPS) is 13.8. The summed E-state index contributed by atoms with van der Waals surface area (Å²) in [6.45, 7) is 5.80. The molecule has 0 spiro atoms. The quantitative estimate of drug-likeness (QED) is 0.820. The molecule has 1 N–H and O–H groups in total. The minimum absolute atomic E-state index is 0.0613. The molecule has 3 rings (SSSR count). The molecular formula is C17H19NO. The van der Waals surface area contributed by atoms with E-state index < -0.39 is 0 Å². The molecule has 2 aromatic carbocycles. The fourth-order valence-corrected chi connectivity index (χ4v) is 2.67. The van der Waals surface area contributed by atoms with Crippen molar-refractivity contribution in [1.29, 1.82) is 0 Å². The van der Waals surface area contributed by atoms with E-state index in [1.165, 1.54) is 21.9 Å². The van der Waals surface area contributed by atoms with Crippen molar-refractivity contribution in [1.82, 2.24) is 0 Å².